The molecule has 0 unspecified atom stereocenters. The maximum Gasteiger partial charge on any atom is 0.189 e. The second kappa shape index (κ2) is 6.66. The highest BCUT2D eigenvalue weighted by Gasteiger charge is 2.21. The van der Waals surface area contributed by atoms with Crippen molar-refractivity contribution in [1.82, 2.24) is 19.7 Å². The summed E-state index contributed by atoms with van der Waals surface area (Å²) < 4.78 is 1.78. The number of rotatable bonds is 4. The summed E-state index contributed by atoms with van der Waals surface area (Å²) in [5.74, 6) is 0.833. The molecule has 1 aliphatic carbocycles. The fourth-order valence-electron chi connectivity index (χ4n) is 2.73. The number of thioether (sulfide) groups is 1. The molecule has 0 amide bonds. The van der Waals surface area contributed by atoms with Gasteiger partial charge in [-0.15, -0.1) is 0 Å². The van der Waals surface area contributed by atoms with Gasteiger partial charge < -0.3 is 10.4 Å². The maximum atomic E-state index is 9.64. The van der Waals surface area contributed by atoms with Crippen LogP contribution in [0.5, 0.6) is 0 Å². The van der Waals surface area contributed by atoms with Gasteiger partial charge in [0.25, 0.3) is 0 Å². The van der Waals surface area contributed by atoms with Crippen LogP contribution in [0.3, 0.4) is 0 Å². The SMILES string of the molecule is CSc1ncc(-c2ccn(C)n2)c(N[C@H]2CC[C@H](O)CC2)n1. The molecule has 0 radical (unpaired) electrons. The average molecular weight is 319 g/mol. The molecule has 1 aliphatic rings. The van der Waals surface area contributed by atoms with Crippen LogP contribution in [0.2, 0.25) is 0 Å². The molecule has 0 spiro atoms. The third kappa shape index (κ3) is 3.41. The molecule has 2 aromatic rings. The Hall–Kier alpha value is -1.60. The lowest BCUT2D eigenvalue weighted by Gasteiger charge is -2.27. The molecule has 2 heterocycles. The molecule has 0 aliphatic heterocycles. The Labute approximate surface area is 134 Å². The van der Waals surface area contributed by atoms with Gasteiger partial charge in [-0.05, 0) is 38.0 Å². The van der Waals surface area contributed by atoms with Crippen LogP contribution >= 0.6 is 11.8 Å². The van der Waals surface area contributed by atoms with Crippen molar-refractivity contribution >= 4 is 17.6 Å². The molecule has 0 aromatic carbocycles. The first kappa shape index (κ1) is 15.3. The molecule has 2 N–H and O–H groups in total. The Balaban J connectivity index is 1.87. The van der Waals surface area contributed by atoms with Gasteiger partial charge >= 0.3 is 0 Å². The average Bonchev–Trinajstić information content (AvgIpc) is 2.96. The predicted octanol–water partition coefficient (Wildman–Crippen LogP) is 2.31. The zero-order valence-electron chi connectivity index (χ0n) is 12.9. The van der Waals surface area contributed by atoms with Crippen molar-refractivity contribution in [2.75, 3.05) is 11.6 Å². The van der Waals surface area contributed by atoms with Crippen molar-refractivity contribution in [3.63, 3.8) is 0 Å². The third-order valence-corrected chi connectivity index (χ3v) is 4.54. The fourth-order valence-corrected chi connectivity index (χ4v) is 3.07. The third-order valence-electron chi connectivity index (χ3n) is 3.98. The number of aliphatic hydroxyl groups excluding tert-OH is 1. The Morgan fingerprint density at radius 1 is 1.32 bits per heavy atom. The summed E-state index contributed by atoms with van der Waals surface area (Å²) >= 11 is 1.53. The zero-order valence-corrected chi connectivity index (χ0v) is 13.7. The van der Waals surface area contributed by atoms with Crippen molar-refractivity contribution in [1.29, 1.82) is 0 Å². The van der Waals surface area contributed by atoms with Crippen molar-refractivity contribution in [3.05, 3.63) is 18.5 Å². The van der Waals surface area contributed by atoms with E-state index in [1.807, 2.05) is 31.8 Å². The number of hydrogen-bond donors (Lipinski definition) is 2. The first-order valence-corrected chi connectivity index (χ1v) is 8.74. The Morgan fingerprint density at radius 2 is 2.09 bits per heavy atom. The van der Waals surface area contributed by atoms with E-state index in [1.165, 1.54) is 11.8 Å². The summed E-state index contributed by atoms with van der Waals surface area (Å²) in [6.07, 6.45) is 9.17. The summed E-state index contributed by atoms with van der Waals surface area (Å²) in [7, 11) is 1.90. The highest BCUT2D eigenvalue weighted by Crippen LogP contribution is 2.29. The summed E-state index contributed by atoms with van der Waals surface area (Å²) in [6, 6.07) is 2.31. The van der Waals surface area contributed by atoms with E-state index in [4.69, 9.17) is 0 Å². The fraction of sp³-hybridized carbons (Fsp3) is 0.533. The molecule has 7 heteroatoms. The van der Waals surface area contributed by atoms with Gasteiger partial charge in [-0.1, -0.05) is 11.8 Å². The van der Waals surface area contributed by atoms with Crippen molar-refractivity contribution in [2.24, 2.45) is 7.05 Å². The minimum atomic E-state index is -0.152. The maximum absolute atomic E-state index is 9.64. The van der Waals surface area contributed by atoms with Gasteiger partial charge in [0.2, 0.25) is 0 Å². The molecule has 1 fully saturated rings. The number of aryl methyl sites for hydroxylation is 1. The molecular weight excluding hydrogens is 298 g/mol. The largest absolute Gasteiger partial charge is 0.393 e. The van der Waals surface area contributed by atoms with Crippen LogP contribution in [-0.4, -0.2) is 43.3 Å². The first-order chi connectivity index (χ1) is 10.7. The monoisotopic (exact) mass is 319 g/mol. The Bertz CT molecular complexity index is 637. The number of nitrogens with one attached hydrogen (secondary N) is 1. The molecule has 0 bridgehead atoms. The van der Waals surface area contributed by atoms with E-state index in [1.54, 1.807) is 4.68 Å². The van der Waals surface area contributed by atoms with E-state index < -0.39 is 0 Å². The van der Waals surface area contributed by atoms with E-state index in [0.717, 1.165) is 47.9 Å². The van der Waals surface area contributed by atoms with Crippen molar-refractivity contribution in [2.45, 2.75) is 43.0 Å². The van der Waals surface area contributed by atoms with Crippen LogP contribution in [0.1, 0.15) is 25.7 Å². The van der Waals surface area contributed by atoms with Crippen LogP contribution < -0.4 is 5.32 Å². The van der Waals surface area contributed by atoms with Gasteiger partial charge in [0.05, 0.1) is 17.4 Å². The lowest BCUT2D eigenvalue weighted by molar-refractivity contribution is 0.126. The summed E-state index contributed by atoms with van der Waals surface area (Å²) in [5.41, 5.74) is 1.79. The highest BCUT2D eigenvalue weighted by molar-refractivity contribution is 7.98. The molecular formula is C15H21N5OS. The Morgan fingerprint density at radius 3 is 2.73 bits per heavy atom. The van der Waals surface area contributed by atoms with Crippen LogP contribution in [0, 0.1) is 0 Å². The van der Waals surface area contributed by atoms with Crippen LogP contribution in [0.25, 0.3) is 11.3 Å². The predicted molar refractivity (Wildman–Crippen MR) is 87.9 cm³/mol. The number of aliphatic hydroxyl groups is 1. The molecule has 2 aromatic heterocycles. The topological polar surface area (TPSA) is 75.9 Å². The van der Waals surface area contributed by atoms with Crippen molar-refractivity contribution in [3.8, 4) is 11.3 Å². The van der Waals surface area contributed by atoms with E-state index in [9.17, 15) is 5.11 Å². The van der Waals surface area contributed by atoms with Crippen LogP contribution in [-0.2, 0) is 7.05 Å². The quantitative estimate of drug-likeness (QED) is 0.665. The standard InChI is InChI=1S/C15H21N5OS/c1-20-8-7-13(19-20)12-9-16-15(22-2)18-14(12)17-10-3-5-11(21)6-4-10/h7-11,21H,3-6H2,1-2H3,(H,16,17,18)/t10-,11-. The molecule has 0 atom stereocenters. The van der Waals surface area contributed by atoms with Crippen LogP contribution in [0.15, 0.2) is 23.6 Å². The second-order valence-corrected chi connectivity index (χ2v) is 6.42. The van der Waals surface area contributed by atoms with E-state index >= 15 is 0 Å². The van der Waals surface area contributed by atoms with Crippen LogP contribution in [0.4, 0.5) is 5.82 Å². The first-order valence-electron chi connectivity index (χ1n) is 7.51. The minimum Gasteiger partial charge on any atom is -0.393 e. The van der Waals surface area contributed by atoms with Gasteiger partial charge in [-0.3, -0.25) is 4.68 Å². The second-order valence-electron chi connectivity index (χ2n) is 5.64. The molecule has 0 saturated heterocycles. The number of hydrogen-bond acceptors (Lipinski definition) is 6. The Kier molecular flexibility index (Phi) is 4.63. The van der Waals surface area contributed by atoms with Gasteiger partial charge in [0, 0.05) is 25.5 Å². The van der Waals surface area contributed by atoms with Gasteiger partial charge in [0.1, 0.15) is 5.82 Å². The molecule has 1 saturated carbocycles. The molecule has 22 heavy (non-hydrogen) atoms. The normalized spacial score (nSPS) is 21.8. The summed E-state index contributed by atoms with van der Waals surface area (Å²) in [4.78, 5) is 8.99. The van der Waals surface area contributed by atoms with Gasteiger partial charge in [0.15, 0.2) is 5.16 Å². The minimum absolute atomic E-state index is 0.152. The van der Waals surface area contributed by atoms with E-state index in [2.05, 4.69) is 20.4 Å². The molecule has 3 rings (SSSR count). The zero-order chi connectivity index (χ0) is 15.5. The lowest BCUT2D eigenvalue weighted by atomic mass is 9.93. The van der Waals surface area contributed by atoms with Gasteiger partial charge in [-0.2, -0.15) is 5.10 Å². The smallest absolute Gasteiger partial charge is 0.189 e. The lowest BCUT2D eigenvalue weighted by Crippen LogP contribution is -2.28. The number of nitrogens with zero attached hydrogens (tertiary/aromatic N) is 4. The summed E-state index contributed by atoms with van der Waals surface area (Å²) in [5, 5.41) is 18.4. The van der Waals surface area contributed by atoms with E-state index in [0.29, 0.717) is 6.04 Å². The van der Waals surface area contributed by atoms with Gasteiger partial charge in [-0.25, -0.2) is 9.97 Å². The number of anilines is 1. The molecule has 6 nitrogen and oxygen atoms in total. The molecule has 118 valence electrons. The highest BCUT2D eigenvalue weighted by atomic mass is 32.2. The van der Waals surface area contributed by atoms with Crippen molar-refractivity contribution < 1.29 is 5.11 Å². The summed E-state index contributed by atoms with van der Waals surface area (Å²) in [6.45, 7) is 0. The number of aromatic nitrogens is 4. The van der Waals surface area contributed by atoms with E-state index in [-0.39, 0.29) is 6.10 Å².